The van der Waals surface area contributed by atoms with Crippen LogP contribution in [0.3, 0.4) is 0 Å². The van der Waals surface area contributed by atoms with E-state index in [-0.39, 0.29) is 17.5 Å². The highest BCUT2D eigenvalue weighted by Crippen LogP contribution is 2.43. The van der Waals surface area contributed by atoms with Gasteiger partial charge >= 0.3 is 5.97 Å². The van der Waals surface area contributed by atoms with E-state index in [0.717, 1.165) is 49.0 Å². The molecule has 2 aromatic carbocycles. The summed E-state index contributed by atoms with van der Waals surface area (Å²) in [5.41, 5.74) is 3.97. The van der Waals surface area contributed by atoms with Crippen molar-refractivity contribution in [2.45, 2.75) is 97.1 Å². The van der Waals surface area contributed by atoms with E-state index in [1.165, 1.54) is 19.2 Å². The van der Waals surface area contributed by atoms with E-state index in [2.05, 4.69) is 18.7 Å². The van der Waals surface area contributed by atoms with E-state index in [4.69, 9.17) is 35.5 Å². The molecule has 8 nitrogen and oxygen atoms in total. The first-order valence-corrected chi connectivity index (χ1v) is 17.6. The van der Waals surface area contributed by atoms with Crippen LogP contribution in [0, 0.1) is 12.7 Å². The number of carbonyl (C=O) groups excluding carboxylic acids is 1. The van der Waals surface area contributed by atoms with Crippen molar-refractivity contribution in [3.8, 4) is 28.1 Å². The Balaban J connectivity index is 1.57. The van der Waals surface area contributed by atoms with E-state index in [0.29, 0.717) is 58.5 Å². The Morgan fingerprint density at radius 2 is 1.86 bits per heavy atom. The fourth-order valence-electron chi connectivity index (χ4n) is 6.88. The summed E-state index contributed by atoms with van der Waals surface area (Å²) in [5, 5.41) is 0.422. The SMILES string of the molecule is COC(=O)[C@@H](OC(C)(C)C)c1c(C)c(Cl)c2nc3cn2c1N1CCC(C)(CC1)OCCCC[C@H](C)Oc1ccc(F)cc1-c1cccc-3c1. The predicted octanol–water partition coefficient (Wildman–Crippen LogP) is 9.13. The molecule has 2 atom stereocenters. The van der Waals surface area contributed by atoms with Crippen molar-refractivity contribution < 1.29 is 28.1 Å². The molecule has 0 saturated carbocycles. The van der Waals surface area contributed by atoms with Crippen LogP contribution in [0.1, 0.15) is 84.0 Å². The van der Waals surface area contributed by atoms with Crippen LogP contribution in [0.4, 0.5) is 10.2 Å². The molecule has 1 saturated heterocycles. The van der Waals surface area contributed by atoms with Crippen molar-refractivity contribution >= 4 is 29.0 Å². The van der Waals surface area contributed by atoms with Gasteiger partial charge in [-0.3, -0.25) is 4.40 Å². The number of fused-ring (bicyclic) bond motifs is 8. The highest BCUT2D eigenvalue weighted by molar-refractivity contribution is 6.34. The molecule has 3 aliphatic rings. The number of piperidine rings is 1. The first-order chi connectivity index (χ1) is 23.3. The van der Waals surface area contributed by atoms with Crippen LogP contribution in [0.5, 0.6) is 5.75 Å². The Labute approximate surface area is 293 Å². The Morgan fingerprint density at radius 3 is 2.57 bits per heavy atom. The fourth-order valence-corrected chi connectivity index (χ4v) is 7.12. The van der Waals surface area contributed by atoms with Crippen molar-refractivity contribution in [2.75, 3.05) is 31.7 Å². The third kappa shape index (κ3) is 7.44. The largest absolute Gasteiger partial charge is 0.490 e. The van der Waals surface area contributed by atoms with Crippen LogP contribution in [-0.4, -0.2) is 59.5 Å². The number of carbonyl (C=O) groups is 1. The molecule has 262 valence electrons. The molecule has 0 N–H and O–H groups in total. The zero-order valence-corrected chi connectivity index (χ0v) is 30.3. The van der Waals surface area contributed by atoms with Crippen molar-refractivity contribution in [2.24, 2.45) is 0 Å². The maximum Gasteiger partial charge on any atom is 0.339 e. The van der Waals surface area contributed by atoms with Crippen molar-refractivity contribution in [1.29, 1.82) is 0 Å². The molecular formula is C39H47ClFN3O5. The maximum absolute atomic E-state index is 14.7. The zero-order valence-electron chi connectivity index (χ0n) is 29.6. The average molecular weight is 692 g/mol. The monoisotopic (exact) mass is 691 g/mol. The summed E-state index contributed by atoms with van der Waals surface area (Å²) in [6.07, 6.45) is 5.19. The quantitative estimate of drug-likeness (QED) is 0.198. The Bertz CT molecular complexity index is 1840. The van der Waals surface area contributed by atoms with Crippen molar-refractivity contribution in [3.05, 3.63) is 70.6 Å². The average Bonchev–Trinajstić information content (AvgIpc) is 3.51. The van der Waals surface area contributed by atoms with Gasteiger partial charge in [0.25, 0.3) is 0 Å². The third-order valence-corrected chi connectivity index (χ3v) is 10.0. The lowest BCUT2D eigenvalue weighted by Gasteiger charge is -2.42. The number of benzene rings is 2. The van der Waals surface area contributed by atoms with Crippen molar-refractivity contribution in [1.82, 2.24) is 9.38 Å². The number of rotatable bonds is 3. The van der Waals surface area contributed by atoms with E-state index in [9.17, 15) is 9.18 Å². The number of halogens is 2. The molecule has 0 aliphatic carbocycles. The Hall–Kier alpha value is -3.66. The normalized spacial score (nSPS) is 20.9. The Morgan fingerprint density at radius 1 is 1.12 bits per heavy atom. The van der Waals surface area contributed by atoms with Gasteiger partial charge in [0.15, 0.2) is 11.8 Å². The number of imidazole rings is 1. The minimum atomic E-state index is -1.03. The van der Waals surface area contributed by atoms with Gasteiger partial charge in [-0.05, 0) is 109 Å². The van der Waals surface area contributed by atoms with Gasteiger partial charge in [0.1, 0.15) is 17.4 Å². The van der Waals surface area contributed by atoms with Crippen LogP contribution >= 0.6 is 11.6 Å². The molecule has 7 rings (SSSR count). The number of anilines is 1. The van der Waals surface area contributed by atoms with Crippen LogP contribution in [-0.2, 0) is 19.0 Å². The molecule has 5 heterocycles. The van der Waals surface area contributed by atoms with Gasteiger partial charge in [-0.1, -0.05) is 29.8 Å². The summed E-state index contributed by atoms with van der Waals surface area (Å²) in [6.45, 7) is 13.9. The molecular weight excluding hydrogens is 645 g/mol. The van der Waals surface area contributed by atoms with E-state index < -0.39 is 17.7 Å². The predicted molar refractivity (Wildman–Crippen MR) is 191 cm³/mol. The number of methoxy groups -OCH3 is 1. The number of esters is 1. The molecule has 0 amide bonds. The molecule has 0 spiro atoms. The van der Waals surface area contributed by atoms with Gasteiger partial charge in [0.05, 0.1) is 35.1 Å². The smallest absolute Gasteiger partial charge is 0.339 e. The molecule has 1 fully saturated rings. The van der Waals surface area contributed by atoms with Gasteiger partial charge in [0, 0.05) is 42.6 Å². The summed E-state index contributed by atoms with van der Waals surface area (Å²) < 4.78 is 41.3. The second-order valence-electron chi connectivity index (χ2n) is 14.6. The summed E-state index contributed by atoms with van der Waals surface area (Å²) in [7, 11) is 1.37. The van der Waals surface area contributed by atoms with Crippen LogP contribution in [0.2, 0.25) is 5.02 Å². The highest BCUT2D eigenvalue weighted by Gasteiger charge is 2.38. The minimum absolute atomic E-state index is 0.0515. The topological polar surface area (TPSA) is 74.5 Å². The first kappa shape index (κ1) is 35.2. The number of aromatic nitrogens is 2. The minimum Gasteiger partial charge on any atom is -0.490 e. The van der Waals surface area contributed by atoms with E-state index >= 15 is 0 Å². The second kappa shape index (κ2) is 13.9. The first-order valence-electron chi connectivity index (χ1n) is 17.2. The molecule has 0 unspecified atom stereocenters. The van der Waals surface area contributed by atoms with Gasteiger partial charge in [0.2, 0.25) is 0 Å². The van der Waals surface area contributed by atoms with Gasteiger partial charge in [-0.2, -0.15) is 0 Å². The summed E-state index contributed by atoms with van der Waals surface area (Å²) >= 11 is 7.14. The molecule has 0 radical (unpaired) electrons. The summed E-state index contributed by atoms with van der Waals surface area (Å²) in [4.78, 5) is 20.8. The van der Waals surface area contributed by atoms with Gasteiger partial charge < -0.3 is 23.8 Å². The summed E-state index contributed by atoms with van der Waals surface area (Å²) in [5.74, 6) is 0.575. The molecule has 3 aliphatic heterocycles. The van der Waals surface area contributed by atoms with E-state index in [1.54, 1.807) is 6.07 Å². The van der Waals surface area contributed by atoms with Crippen LogP contribution in [0.25, 0.3) is 28.0 Å². The number of ether oxygens (including phenoxy) is 4. The molecule has 10 heteroatoms. The lowest BCUT2D eigenvalue weighted by atomic mass is 9.92. The van der Waals surface area contributed by atoms with Gasteiger partial charge in [-0.25, -0.2) is 14.2 Å². The fraction of sp³-hybridized carbons (Fsp3) is 0.487. The van der Waals surface area contributed by atoms with E-state index in [1.807, 2.05) is 62.6 Å². The standard InChI is InChI=1S/C39H47ClFN3O5/c1-24-11-8-9-20-47-39(6)16-18-43(19-17-39)36-32(34(37(45)46-7)49-38(3,4)5)25(2)33(40)35-42-30(23-44(35)36)27-13-10-12-26(21-27)29-22-28(41)14-15-31(29)48-24/h10,12-15,21-24,34H,8-9,11,16-20H2,1-7H3/t24-,34-/m0/s1. The third-order valence-electron chi connectivity index (χ3n) is 9.57. The lowest BCUT2D eigenvalue weighted by Crippen LogP contribution is -2.45. The van der Waals surface area contributed by atoms with Gasteiger partial charge in [-0.15, -0.1) is 0 Å². The highest BCUT2D eigenvalue weighted by atomic mass is 35.5. The number of pyridine rings is 1. The number of hydrogen-bond acceptors (Lipinski definition) is 7. The molecule has 49 heavy (non-hydrogen) atoms. The second-order valence-corrected chi connectivity index (χ2v) is 14.9. The summed E-state index contributed by atoms with van der Waals surface area (Å²) in [6, 6.07) is 12.5. The zero-order chi connectivity index (χ0) is 35.1. The Kier molecular flexibility index (Phi) is 10.00. The lowest BCUT2D eigenvalue weighted by molar-refractivity contribution is -0.164. The molecule has 6 bridgehead atoms. The van der Waals surface area contributed by atoms with Crippen LogP contribution < -0.4 is 9.64 Å². The number of hydrogen-bond donors (Lipinski definition) is 0. The van der Waals surface area contributed by atoms with Crippen molar-refractivity contribution in [3.63, 3.8) is 0 Å². The molecule has 2 aromatic heterocycles. The maximum atomic E-state index is 14.7. The van der Waals surface area contributed by atoms with Crippen LogP contribution in [0.15, 0.2) is 48.7 Å². The number of nitrogens with zero attached hydrogens (tertiary/aromatic N) is 3. The molecule has 4 aromatic rings.